The Balaban J connectivity index is 1.65. The van der Waals surface area contributed by atoms with Gasteiger partial charge in [-0.15, -0.1) is 0 Å². The molecular formula is C41H48N2O4. The van der Waals surface area contributed by atoms with Crippen LogP contribution in [-0.2, 0) is 35.3 Å². The maximum atomic E-state index is 15.1. The minimum Gasteiger partial charge on any atom is -0.387 e. The molecule has 2 atom stereocenters. The van der Waals surface area contributed by atoms with Gasteiger partial charge in [0.2, 0.25) is 11.8 Å². The largest absolute Gasteiger partial charge is 0.387 e. The SMILES string of the molecule is CC(N(C(=O)C1(C(N)=O)CCCC1)C(C)C(O)(Cc1ccccc1)Cc1ccccc1)C(O)(Cc1ccccc1)Cc1ccccc1. The van der Waals surface area contributed by atoms with E-state index < -0.39 is 40.5 Å². The van der Waals surface area contributed by atoms with E-state index in [1.165, 1.54) is 0 Å². The Morgan fingerprint density at radius 3 is 1.15 bits per heavy atom. The first kappa shape index (κ1) is 34.1. The van der Waals surface area contributed by atoms with Crippen molar-refractivity contribution in [1.29, 1.82) is 0 Å². The molecule has 1 aliphatic carbocycles. The summed E-state index contributed by atoms with van der Waals surface area (Å²) < 4.78 is 0. The van der Waals surface area contributed by atoms with E-state index in [2.05, 4.69) is 0 Å². The van der Waals surface area contributed by atoms with Crippen molar-refractivity contribution in [2.24, 2.45) is 11.1 Å². The number of aliphatic hydroxyl groups is 2. The minimum absolute atomic E-state index is 0.264. The summed E-state index contributed by atoms with van der Waals surface area (Å²) in [7, 11) is 0. The van der Waals surface area contributed by atoms with Gasteiger partial charge >= 0.3 is 0 Å². The zero-order chi connectivity index (χ0) is 33.5. The van der Waals surface area contributed by atoms with Crippen LogP contribution in [0.25, 0.3) is 0 Å². The molecule has 4 aromatic carbocycles. The van der Waals surface area contributed by atoms with Gasteiger partial charge in [-0.3, -0.25) is 9.59 Å². The number of primary amides is 1. The number of rotatable bonds is 14. The molecule has 0 saturated heterocycles. The van der Waals surface area contributed by atoms with Crippen LogP contribution >= 0.6 is 0 Å². The fourth-order valence-electron chi connectivity index (χ4n) is 7.51. The molecule has 5 rings (SSSR count). The fourth-order valence-corrected chi connectivity index (χ4v) is 7.51. The molecule has 6 nitrogen and oxygen atoms in total. The van der Waals surface area contributed by atoms with Crippen LogP contribution in [-0.4, -0.2) is 50.2 Å². The molecule has 2 amide bonds. The molecule has 1 fully saturated rings. The standard InChI is InChI=1S/C41H48N2O4/c1-31(40(46,27-33-17-7-3-8-18-33)28-34-19-9-4-10-20-34)43(38(45)39(37(42)44)25-15-16-26-39)32(2)41(47,29-35-21-11-5-12-22-35)30-36-23-13-6-14-24-36/h3-14,17-24,31-32,46-47H,15-16,25-30H2,1-2H3,(H2,42,44). The maximum absolute atomic E-state index is 15.1. The van der Waals surface area contributed by atoms with E-state index in [-0.39, 0.29) is 25.7 Å². The molecule has 0 radical (unpaired) electrons. The number of nitrogens with two attached hydrogens (primary N) is 1. The summed E-state index contributed by atoms with van der Waals surface area (Å²) in [5, 5.41) is 25.7. The third-order valence-electron chi connectivity index (χ3n) is 10.4. The van der Waals surface area contributed by atoms with Gasteiger partial charge in [0.15, 0.2) is 0 Å². The maximum Gasteiger partial charge on any atom is 0.238 e. The monoisotopic (exact) mass is 632 g/mol. The number of benzene rings is 4. The molecule has 1 saturated carbocycles. The lowest BCUT2D eigenvalue weighted by atomic mass is 9.75. The van der Waals surface area contributed by atoms with E-state index in [0.717, 1.165) is 22.3 Å². The first-order valence-corrected chi connectivity index (χ1v) is 16.8. The van der Waals surface area contributed by atoms with E-state index in [9.17, 15) is 15.0 Å². The van der Waals surface area contributed by atoms with Gasteiger partial charge in [-0.25, -0.2) is 0 Å². The summed E-state index contributed by atoms with van der Waals surface area (Å²) in [6.07, 6.45) is 3.17. The van der Waals surface area contributed by atoms with Gasteiger partial charge in [0.1, 0.15) is 5.41 Å². The summed E-state index contributed by atoms with van der Waals surface area (Å²) in [5.41, 5.74) is 5.46. The highest BCUT2D eigenvalue weighted by Crippen LogP contribution is 2.43. The molecule has 0 aromatic heterocycles. The molecule has 0 bridgehead atoms. The van der Waals surface area contributed by atoms with E-state index in [4.69, 9.17) is 5.73 Å². The van der Waals surface area contributed by atoms with Crippen molar-refractivity contribution in [1.82, 2.24) is 4.90 Å². The van der Waals surface area contributed by atoms with Gasteiger partial charge in [0.25, 0.3) is 0 Å². The second kappa shape index (κ2) is 14.7. The van der Waals surface area contributed by atoms with Crippen molar-refractivity contribution in [2.45, 2.75) is 88.5 Å². The minimum atomic E-state index is -1.45. The van der Waals surface area contributed by atoms with Crippen LogP contribution in [0.4, 0.5) is 0 Å². The lowest BCUT2D eigenvalue weighted by molar-refractivity contribution is -0.168. The average Bonchev–Trinajstić information content (AvgIpc) is 3.58. The number of amides is 2. The van der Waals surface area contributed by atoms with E-state index in [1.54, 1.807) is 4.90 Å². The van der Waals surface area contributed by atoms with Crippen molar-refractivity contribution in [3.8, 4) is 0 Å². The van der Waals surface area contributed by atoms with Crippen LogP contribution in [0.3, 0.4) is 0 Å². The molecule has 1 aliphatic rings. The van der Waals surface area contributed by atoms with Crippen LogP contribution < -0.4 is 5.73 Å². The Hall–Kier alpha value is -4.26. The van der Waals surface area contributed by atoms with Crippen molar-refractivity contribution < 1.29 is 19.8 Å². The smallest absolute Gasteiger partial charge is 0.238 e. The number of nitrogens with zero attached hydrogens (tertiary/aromatic N) is 1. The highest BCUT2D eigenvalue weighted by atomic mass is 16.3. The zero-order valence-electron chi connectivity index (χ0n) is 27.6. The molecule has 4 N–H and O–H groups in total. The third-order valence-corrected chi connectivity index (χ3v) is 10.4. The highest BCUT2D eigenvalue weighted by molar-refractivity contribution is 6.05. The summed E-state index contributed by atoms with van der Waals surface area (Å²) in [4.78, 5) is 30.0. The predicted molar refractivity (Wildman–Crippen MR) is 186 cm³/mol. The van der Waals surface area contributed by atoms with Crippen LogP contribution in [0.15, 0.2) is 121 Å². The molecule has 0 aliphatic heterocycles. The number of carbonyl (C=O) groups is 2. The molecule has 2 unspecified atom stereocenters. The van der Waals surface area contributed by atoms with Crippen molar-refractivity contribution in [3.63, 3.8) is 0 Å². The van der Waals surface area contributed by atoms with Gasteiger partial charge < -0.3 is 20.8 Å². The van der Waals surface area contributed by atoms with Crippen LogP contribution in [0.2, 0.25) is 0 Å². The second-order valence-electron chi connectivity index (χ2n) is 13.6. The van der Waals surface area contributed by atoms with Gasteiger partial charge in [-0.1, -0.05) is 134 Å². The Morgan fingerprint density at radius 1 is 0.617 bits per heavy atom. The number of hydrogen-bond donors (Lipinski definition) is 3. The normalized spacial score (nSPS) is 15.9. The van der Waals surface area contributed by atoms with Crippen molar-refractivity contribution >= 4 is 11.8 Å². The second-order valence-corrected chi connectivity index (χ2v) is 13.6. The Bertz CT molecular complexity index is 1410. The molecular weight excluding hydrogens is 584 g/mol. The lowest BCUT2D eigenvalue weighted by Gasteiger charge is -2.50. The van der Waals surface area contributed by atoms with Crippen LogP contribution in [0, 0.1) is 5.41 Å². The fraction of sp³-hybridized carbons (Fsp3) is 0.366. The average molecular weight is 633 g/mol. The molecule has 47 heavy (non-hydrogen) atoms. The first-order valence-electron chi connectivity index (χ1n) is 16.8. The van der Waals surface area contributed by atoms with Crippen molar-refractivity contribution in [3.05, 3.63) is 144 Å². The Morgan fingerprint density at radius 2 is 0.894 bits per heavy atom. The number of carbonyl (C=O) groups excluding carboxylic acids is 2. The summed E-state index contributed by atoms with van der Waals surface area (Å²) in [6.45, 7) is 3.71. The van der Waals surface area contributed by atoms with E-state index in [0.29, 0.717) is 25.7 Å². The molecule has 0 spiro atoms. The lowest BCUT2D eigenvalue weighted by Crippen LogP contribution is -2.67. The predicted octanol–water partition coefficient (Wildman–Crippen LogP) is 6.07. The van der Waals surface area contributed by atoms with E-state index in [1.807, 2.05) is 135 Å². The topological polar surface area (TPSA) is 104 Å². The van der Waals surface area contributed by atoms with Crippen LogP contribution in [0.5, 0.6) is 0 Å². The zero-order valence-corrected chi connectivity index (χ0v) is 27.6. The first-order chi connectivity index (χ1) is 22.6. The number of hydrogen-bond acceptors (Lipinski definition) is 4. The summed E-state index contributed by atoms with van der Waals surface area (Å²) in [6, 6.07) is 37.4. The Labute approximate surface area is 279 Å². The molecule has 0 heterocycles. The van der Waals surface area contributed by atoms with Gasteiger partial charge in [-0.05, 0) is 48.9 Å². The van der Waals surface area contributed by atoms with E-state index >= 15 is 4.79 Å². The van der Waals surface area contributed by atoms with Crippen molar-refractivity contribution in [2.75, 3.05) is 0 Å². The molecule has 6 heteroatoms. The molecule has 4 aromatic rings. The van der Waals surface area contributed by atoms with Gasteiger partial charge in [-0.2, -0.15) is 0 Å². The summed E-state index contributed by atoms with van der Waals surface area (Å²) in [5.74, 6) is -1.06. The Kier molecular flexibility index (Phi) is 10.6. The van der Waals surface area contributed by atoms with Gasteiger partial charge in [0, 0.05) is 25.7 Å². The van der Waals surface area contributed by atoms with Crippen LogP contribution in [0.1, 0.15) is 61.8 Å². The quantitative estimate of drug-likeness (QED) is 0.147. The highest BCUT2D eigenvalue weighted by Gasteiger charge is 2.55. The molecule has 246 valence electrons. The van der Waals surface area contributed by atoms with Gasteiger partial charge in [0.05, 0.1) is 23.3 Å². The summed E-state index contributed by atoms with van der Waals surface area (Å²) >= 11 is 0. The third kappa shape index (κ3) is 7.66.